The monoisotopic (exact) mass is 276 g/mol. The van der Waals surface area contributed by atoms with E-state index in [4.69, 9.17) is 14.4 Å². The fourth-order valence-corrected chi connectivity index (χ4v) is 1.75. The van der Waals surface area contributed by atoms with Crippen LogP contribution in [0.3, 0.4) is 0 Å². The minimum atomic E-state index is -0.500. The zero-order chi connectivity index (χ0) is 14.5. The van der Waals surface area contributed by atoms with E-state index in [9.17, 15) is 10.1 Å². The number of hydrogen-bond acceptors (Lipinski definition) is 6. The molecule has 0 amide bonds. The van der Waals surface area contributed by atoms with Crippen LogP contribution in [-0.4, -0.2) is 23.0 Å². The highest BCUT2D eigenvalue weighted by Gasteiger charge is 2.19. The minimum Gasteiger partial charge on any atom is -0.494 e. The number of oxime groups is 1. The molecule has 7 heteroatoms. The van der Waals surface area contributed by atoms with Gasteiger partial charge in [-0.15, -0.1) is 0 Å². The molecule has 0 atom stereocenters. The van der Waals surface area contributed by atoms with E-state index in [1.54, 1.807) is 31.2 Å². The minimum absolute atomic E-state index is 0.113. The van der Waals surface area contributed by atoms with Crippen LogP contribution in [0.25, 0.3) is 11.3 Å². The number of rotatable bonds is 5. The van der Waals surface area contributed by atoms with Crippen LogP contribution in [0.2, 0.25) is 0 Å². The molecule has 1 aromatic carbocycles. The Bertz CT molecular complexity index is 648. The number of furan rings is 1. The molecule has 0 aliphatic heterocycles. The zero-order valence-corrected chi connectivity index (χ0v) is 10.6. The molecule has 0 saturated heterocycles. The molecule has 0 aliphatic carbocycles. The maximum atomic E-state index is 11.1. The van der Waals surface area contributed by atoms with Crippen LogP contribution in [0, 0.1) is 10.1 Å². The van der Waals surface area contributed by atoms with Crippen LogP contribution in [-0.2, 0) is 0 Å². The summed E-state index contributed by atoms with van der Waals surface area (Å²) in [7, 11) is 0. The van der Waals surface area contributed by atoms with E-state index in [0.717, 1.165) is 6.21 Å². The van der Waals surface area contributed by atoms with Crippen molar-refractivity contribution in [3.63, 3.8) is 0 Å². The highest BCUT2D eigenvalue weighted by atomic mass is 16.6. The molecule has 0 saturated carbocycles. The van der Waals surface area contributed by atoms with E-state index in [2.05, 4.69) is 5.16 Å². The van der Waals surface area contributed by atoms with Gasteiger partial charge in [-0.2, -0.15) is 0 Å². The average molecular weight is 276 g/mol. The molecule has 0 spiro atoms. The van der Waals surface area contributed by atoms with Gasteiger partial charge in [-0.05, 0) is 31.2 Å². The smallest absolute Gasteiger partial charge is 0.284 e. The summed E-state index contributed by atoms with van der Waals surface area (Å²) in [4.78, 5) is 10.6. The van der Waals surface area contributed by atoms with E-state index in [-0.39, 0.29) is 5.69 Å². The standard InChI is InChI=1S/C13H12N2O5/c1-2-19-9-3-5-11(12(7-9)15(17)18)13-6-4-10(20-13)8-14-16/h3-8,16H,2H2,1H3/b14-8-. The second-order valence-electron chi connectivity index (χ2n) is 3.82. The first-order valence-electron chi connectivity index (χ1n) is 5.84. The van der Waals surface area contributed by atoms with Gasteiger partial charge in [0.25, 0.3) is 5.69 Å². The van der Waals surface area contributed by atoms with Crippen molar-refractivity contribution < 1.29 is 19.3 Å². The summed E-state index contributed by atoms with van der Waals surface area (Å²) >= 11 is 0. The predicted octanol–water partition coefficient (Wildman–Crippen LogP) is 3.06. The lowest BCUT2D eigenvalue weighted by molar-refractivity contribution is -0.384. The third-order valence-electron chi connectivity index (χ3n) is 2.55. The number of benzene rings is 1. The van der Waals surface area contributed by atoms with Crippen LogP contribution in [0.1, 0.15) is 12.7 Å². The molecule has 1 aromatic heterocycles. The fourth-order valence-electron chi connectivity index (χ4n) is 1.75. The summed E-state index contributed by atoms with van der Waals surface area (Å²) in [5, 5.41) is 22.4. The van der Waals surface area contributed by atoms with Gasteiger partial charge in [0.05, 0.1) is 23.2 Å². The Hall–Kier alpha value is -2.83. The van der Waals surface area contributed by atoms with Gasteiger partial charge in [-0.1, -0.05) is 5.16 Å². The first kappa shape index (κ1) is 13.6. The number of nitrogens with zero attached hydrogens (tertiary/aromatic N) is 2. The average Bonchev–Trinajstić information content (AvgIpc) is 2.88. The van der Waals surface area contributed by atoms with Crippen molar-refractivity contribution >= 4 is 11.9 Å². The van der Waals surface area contributed by atoms with Crippen molar-refractivity contribution in [1.82, 2.24) is 0 Å². The van der Waals surface area contributed by atoms with Gasteiger partial charge in [-0.25, -0.2) is 0 Å². The van der Waals surface area contributed by atoms with E-state index >= 15 is 0 Å². The van der Waals surface area contributed by atoms with Gasteiger partial charge in [0, 0.05) is 0 Å². The van der Waals surface area contributed by atoms with Crippen LogP contribution >= 0.6 is 0 Å². The summed E-state index contributed by atoms with van der Waals surface area (Å²) in [5.41, 5.74) is 0.217. The van der Waals surface area contributed by atoms with Crippen LogP contribution in [0.5, 0.6) is 5.75 Å². The maximum Gasteiger partial charge on any atom is 0.284 e. The Labute approximate surface area is 114 Å². The third kappa shape index (κ3) is 2.77. The van der Waals surface area contributed by atoms with E-state index in [0.29, 0.717) is 29.4 Å². The molecule has 2 rings (SSSR count). The van der Waals surface area contributed by atoms with Crippen molar-refractivity contribution in [3.8, 4) is 17.1 Å². The van der Waals surface area contributed by atoms with Crippen molar-refractivity contribution in [2.24, 2.45) is 5.16 Å². The lowest BCUT2D eigenvalue weighted by atomic mass is 10.1. The predicted molar refractivity (Wildman–Crippen MR) is 71.3 cm³/mol. The summed E-state index contributed by atoms with van der Waals surface area (Å²) in [6, 6.07) is 7.66. The lowest BCUT2D eigenvalue weighted by Crippen LogP contribution is -1.95. The highest BCUT2D eigenvalue weighted by Crippen LogP contribution is 2.34. The number of nitro benzene ring substituents is 1. The molecule has 0 unspecified atom stereocenters. The Kier molecular flexibility index (Phi) is 3.99. The maximum absolute atomic E-state index is 11.1. The molecule has 104 valence electrons. The summed E-state index contributed by atoms with van der Waals surface area (Å²) in [5.74, 6) is 1.03. The normalized spacial score (nSPS) is 10.8. The van der Waals surface area contributed by atoms with Crippen molar-refractivity contribution in [1.29, 1.82) is 0 Å². The van der Waals surface area contributed by atoms with E-state index in [1.165, 1.54) is 6.07 Å². The quantitative estimate of drug-likeness (QED) is 0.391. The van der Waals surface area contributed by atoms with Crippen molar-refractivity contribution in [2.75, 3.05) is 6.61 Å². The Morgan fingerprint density at radius 3 is 2.90 bits per heavy atom. The molecule has 20 heavy (non-hydrogen) atoms. The van der Waals surface area contributed by atoms with Gasteiger partial charge in [0.2, 0.25) is 0 Å². The summed E-state index contributed by atoms with van der Waals surface area (Å²) < 4.78 is 10.6. The SMILES string of the molecule is CCOc1ccc(-c2ccc(/C=N\O)o2)c([N+](=O)[O-])c1. The Morgan fingerprint density at radius 1 is 1.45 bits per heavy atom. The molecule has 7 nitrogen and oxygen atoms in total. The highest BCUT2D eigenvalue weighted by molar-refractivity contribution is 5.78. The van der Waals surface area contributed by atoms with Gasteiger partial charge in [-0.3, -0.25) is 10.1 Å². The molecule has 0 radical (unpaired) electrons. The Morgan fingerprint density at radius 2 is 2.25 bits per heavy atom. The number of hydrogen-bond donors (Lipinski definition) is 1. The van der Waals surface area contributed by atoms with E-state index < -0.39 is 4.92 Å². The van der Waals surface area contributed by atoms with Gasteiger partial charge in [0.15, 0.2) is 0 Å². The third-order valence-corrected chi connectivity index (χ3v) is 2.55. The number of nitro groups is 1. The second-order valence-corrected chi connectivity index (χ2v) is 3.82. The molecule has 1 N–H and O–H groups in total. The van der Waals surface area contributed by atoms with Gasteiger partial charge in [0.1, 0.15) is 23.5 Å². The first-order valence-corrected chi connectivity index (χ1v) is 5.84. The van der Waals surface area contributed by atoms with Crippen LogP contribution < -0.4 is 4.74 Å². The molecular formula is C13H12N2O5. The Balaban J connectivity index is 2.46. The molecule has 1 heterocycles. The van der Waals surface area contributed by atoms with E-state index in [1.807, 2.05) is 0 Å². The zero-order valence-electron chi connectivity index (χ0n) is 10.6. The molecule has 0 bridgehead atoms. The fraction of sp³-hybridized carbons (Fsp3) is 0.154. The second kappa shape index (κ2) is 5.87. The molecule has 0 fully saturated rings. The summed E-state index contributed by atoms with van der Waals surface area (Å²) in [6.07, 6.45) is 1.10. The van der Waals surface area contributed by atoms with Gasteiger partial charge < -0.3 is 14.4 Å². The van der Waals surface area contributed by atoms with Gasteiger partial charge >= 0.3 is 0 Å². The first-order chi connectivity index (χ1) is 9.65. The lowest BCUT2D eigenvalue weighted by Gasteiger charge is -2.05. The molecule has 0 aliphatic rings. The largest absolute Gasteiger partial charge is 0.494 e. The molecular weight excluding hydrogens is 264 g/mol. The topological polar surface area (TPSA) is 98.1 Å². The number of ether oxygens (including phenoxy) is 1. The molecule has 2 aromatic rings. The summed E-state index contributed by atoms with van der Waals surface area (Å²) in [6.45, 7) is 2.22. The van der Waals surface area contributed by atoms with Crippen LogP contribution in [0.15, 0.2) is 39.9 Å². The van der Waals surface area contributed by atoms with Crippen molar-refractivity contribution in [3.05, 3.63) is 46.2 Å². The van der Waals surface area contributed by atoms with Crippen molar-refractivity contribution in [2.45, 2.75) is 6.92 Å². The van der Waals surface area contributed by atoms with Crippen LogP contribution in [0.4, 0.5) is 5.69 Å².